The first kappa shape index (κ1) is 19.7. The van der Waals surface area contributed by atoms with Gasteiger partial charge in [0.1, 0.15) is 29.9 Å². The molecule has 1 atom stereocenters. The summed E-state index contributed by atoms with van der Waals surface area (Å²) in [5, 5.41) is 19.9. The minimum Gasteiger partial charge on any atom is -0.378 e. The highest BCUT2D eigenvalue weighted by atomic mass is 19.1. The normalized spacial score (nSPS) is 13.2. The van der Waals surface area contributed by atoms with Crippen LogP contribution in [0.4, 0.5) is 8.78 Å². The van der Waals surface area contributed by atoms with Crippen molar-refractivity contribution in [3.63, 3.8) is 0 Å². The second-order valence-corrected chi connectivity index (χ2v) is 7.01. The van der Waals surface area contributed by atoms with Gasteiger partial charge in [0, 0.05) is 30.4 Å². The zero-order chi connectivity index (χ0) is 21.3. The molecule has 0 amide bonds. The Kier molecular flexibility index (Phi) is 5.01. The van der Waals surface area contributed by atoms with Gasteiger partial charge in [0.25, 0.3) is 0 Å². The Morgan fingerprint density at radius 3 is 2.50 bits per heavy atom. The molecular weight excluding hydrogens is 388 g/mol. The lowest BCUT2D eigenvalue weighted by molar-refractivity contribution is 0.0726. The first-order chi connectivity index (χ1) is 14.4. The van der Waals surface area contributed by atoms with E-state index in [0.29, 0.717) is 5.56 Å². The molecule has 0 fully saturated rings. The van der Waals surface area contributed by atoms with Crippen molar-refractivity contribution in [2.45, 2.75) is 12.1 Å². The third-order valence-corrected chi connectivity index (χ3v) is 4.98. The van der Waals surface area contributed by atoms with Crippen molar-refractivity contribution in [3.05, 3.63) is 96.7 Å². The first-order valence-corrected chi connectivity index (χ1v) is 9.17. The summed E-state index contributed by atoms with van der Waals surface area (Å²) < 4.78 is 31.2. The van der Waals surface area contributed by atoms with E-state index in [4.69, 9.17) is 0 Å². The molecule has 2 aromatic carbocycles. The van der Waals surface area contributed by atoms with Gasteiger partial charge < -0.3 is 5.11 Å². The fourth-order valence-corrected chi connectivity index (χ4v) is 3.37. The smallest absolute Gasteiger partial charge is 0.137 e. The van der Waals surface area contributed by atoms with Gasteiger partial charge in [-0.05, 0) is 29.3 Å². The predicted octanol–water partition coefficient (Wildman–Crippen LogP) is 3.56. The van der Waals surface area contributed by atoms with Gasteiger partial charge in [-0.3, -0.25) is 4.68 Å². The van der Waals surface area contributed by atoms with Gasteiger partial charge in [0.05, 0.1) is 12.2 Å². The summed E-state index contributed by atoms with van der Waals surface area (Å²) in [6.45, 7) is 3.89. The SMILES string of the molecule is C=C(c1ccc(-c2ccn(C)n2)cc1)[C@](O)(Cn1cncn1)c1ccc(F)cc1F. The Labute approximate surface area is 171 Å². The average molecular weight is 407 g/mol. The van der Waals surface area contributed by atoms with Gasteiger partial charge in [-0.1, -0.05) is 30.8 Å². The van der Waals surface area contributed by atoms with Crippen LogP contribution >= 0.6 is 0 Å². The zero-order valence-corrected chi connectivity index (χ0v) is 16.2. The quantitative estimate of drug-likeness (QED) is 0.531. The van der Waals surface area contributed by atoms with Crippen LogP contribution in [0.3, 0.4) is 0 Å². The molecular formula is C22H19F2N5O. The van der Waals surface area contributed by atoms with E-state index >= 15 is 0 Å². The van der Waals surface area contributed by atoms with Crippen molar-refractivity contribution in [2.75, 3.05) is 0 Å². The maximum absolute atomic E-state index is 14.6. The Bertz CT molecular complexity index is 1180. The second kappa shape index (κ2) is 7.64. The van der Waals surface area contributed by atoms with E-state index in [-0.39, 0.29) is 17.7 Å². The average Bonchev–Trinajstić information content (AvgIpc) is 3.39. The number of hydrogen-bond donors (Lipinski definition) is 1. The van der Waals surface area contributed by atoms with E-state index < -0.39 is 17.2 Å². The number of halogens is 2. The van der Waals surface area contributed by atoms with Crippen molar-refractivity contribution in [2.24, 2.45) is 7.05 Å². The van der Waals surface area contributed by atoms with Crippen LogP contribution in [0.5, 0.6) is 0 Å². The number of hydrogen-bond acceptors (Lipinski definition) is 4. The molecule has 0 aliphatic rings. The van der Waals surface area contributed by atoms with E-state index in [0.717, 1.165) is 23.4 Å². The molecule has 0 saturated carbocycles. The topological polar surface area (TPSA) is 68.8 Å². The molecule has 6 nitrogen and oxygen atoms in total. The summed E-state index contributed by atoms with van der Waals surface area (Å²) in [5.74, 6) is -1.60. The number of nitrogens with zero attached hydrogens (tertiary/aromatic N) is 5. The van der Waals surface area contributed by atoms with Crippen LogP contribution in [0, 0.1) is 11.6 Å². The van der Waals surface area contributed by atoms with E-state index in [1.54, 1.807) is 16.8 Å². The standard InChI is InChI=1S/C22H19F2N5O/c1-15(16-3-5-17(6-4-16)21-9-10-28(2)27-21)22(30,12-29-14-25-13-26-29)19-8-7-18(23)11-20(19)24/h3-11,13-14,30H,1,12H2,2H3/t22-/m1/s1. The van der Waals surface area contributed by atoms with Gasteiger partial charge in [-0.15, -0.1) is 0 Å². The first-order valence-electron chi connectivity index (χ1n) is 9.17. The molecule has 4 aromatic rings. The van der Waals surface area contributed by atoms with Gasteiger partial charge in [0.2, 0.25) is 0 Å². The van der Waals surface area contributed by atoms with E-state index in [9.17, 15) is 13.9 Å². The minimum atomic E-state index is -1.88. The van der Waals surface area contributed by atoms with Crippen LogP contribution in [-0.4, -0.2) is 29.7 Å². The van der Waals surface area contributed by atoms with Crippen molar-refractivity contribution < 1.29 is 13.9 Å². The third kappa shape index (κ3) is 3.65. The molecule has 0 unspecified atom stereocenters. The minimum absolute atomic E-state index is 0.0989. The van der Waals surface area contributed by atoms with Crippen LogP contribution in [0.15, 0.2) is 74.0 Å². The summed E-state index contributed by atoms with van der Waals surface area (Å²) in [6.07, 6.45) is 4.56. The highest BCUT2D eigenvalue weighted by Gasteiger charge is 2.37. The van der Waals surface area contributed by atoms with Crippen LogP contribution in [0.2, 0.25) is 0 Å². The molecule has 30 heavy (non-hydrogen) atoms. The van der Waals surface area contributed by atoms with Gasteiger partial charge in [0.15, 0.2) is 0 Å². The second-order valence-electron chi connectivity index (χ2n) is 7.01. The molecule has 2 aromatic heterocycles. The highest BCUT2D eigenvalue weighted by Crippen LogP contribution is 2.38. The Hall–Kier alpha value is -3.65. The summed E-state index contributed by atoms with van der Waals surface area (Å²) >= 11 is 0. The summed E-state index contributed by atoms with van der Waals surface area (Å²) in [4.78, 5) is 3.86. The highest BCUT2D eigenvalue weighted by molar-refractivity contribution is 5.74. The van der Waals surface area contributed by atoms with Gasteiger partial charge >= 0.3 is 0 Å². The number of aryl methyl sites for hydroxylation is 1. The molecule has 0 saturated heterocycles. The molecule has 4 rings (SSSR count). The number of benzene rings is 2. The summed E-state index contributed by atoms with van der Waals surface area (Å²) in [6, 6.07) is 12.2. The summed E-state index contributed by atoms with van der Waals surface area (Å²) in [5.41, 5.74) is 0.560. The number of rotatable bonds is 6. The molecule has 0 aliphatic carbocycles. The van der Waals surface area contributed by atoms with Crippen molar-refractivity contribution in [3.8, 4) is 11.3 Å². The van der Waals surface area contributed by atoms with E-state index in [1.807, 2.05) is 31.4 Å². The Morgan fingerprint density at radius 1 is 1.13 bits per heavy atom. The molecule has 1 N–H and O–H groups in total. The molecule has 0 spiro atoms. The molecule has 0 radical (unpaired) electrons. The number of aliphatic hydroxyl groups is 1. The van der Waals surface area contributed by atoms with Crippen LogP contribution in [0.1, 0.15) is 11.1 Å². The largest absolute Gasteiger partial charge is 0.378 e. The molecule has 0 aliphatic heterocycles. The lowest BCUT2D eigenvalue weighted by Gasteiger charge is -2.31. The summed E-state index contributed by atoms with van der Waals surface area (Å²) in [7, 11) is 1.83. The maximum Gasteiger partial charge on any atom is 0.137 e. The number of aromatic nitrogens is 5. The fraction of sp³-hybridized carbons (Fsp3) is 0.136. The van der Waals surface area contributed by atoms with Gasteiger partial charge in [-0.25, -0.2) is 18.4 Å². The van der Waals surface area contributed by atoms with Crippen molar-refractivity contribution in [1.82, 2.24) is 24.5 Å². The van der Waals surface area contributed by atoms with E-state index in [1.165, 1.54) is 23.4 Å². The Morgan fingerprint density at radius 2 is 1.90 bits per heavy atom. The fourth-order valence-electron chi connectivity index (χ4n) is 3.37. The Balaban J connectivity index is 1.73. The van der Waals surface area contributed by atoms with Crippen molar-refractivity contribution >= 4 is 5.57 Å². The lowest BCUT2D eigenvalue weighted by Crippen LogP contribution is -2.34. The van der Waals surface area contributed by atoms with Crippen LogP contribution < -0.4 is 0 Å². The zero-order valence-electron chi connectivity index (χ0n) is 16.2. The monoisotopic (exact) mass is 407 g/mol. The third-order valence-electron chi connectivity index (χ3n) is 4.98. The van der Waals surface area contributed by atoms with Crippen LogP contribution in [-0.2, 0) is 19.2 Å². The van der Waals surface area contributed by atoms with E-state index in [2.05, 4.69) is 21.8 Å². The van der Waals surface area contributed by atoms with Gasteiger partial charge in [-0.2, -0.15) is 10.2 Å². The predicted molar refractivity (Wildman–Crippen MR) is 108 cm³/mol. The molecule has 2 heterocycles. The molecule has 0 bridgehead atoms. The van der Waals surface area contributed by atoms with Crippen LogP contribution in [0.25, 0.3) is 16.8 Å². The molecule has 8 heteroatoms. The molecule has 152 valence electrons. The lowest BCUT2D eigenvalue weighted by atomic mass is 9.82. The van der Waals surface area contributed by atoms with Crippen molar-refractivity contribution in [1.29, 1.82) is 0 Å². The maximum atomic E-state index is 14.6.